The van der Waals surface area contributed by atoms with Crippen LogP contribution in [0.15, 0.2) is 36.4 Å². The topological polar surface area (TPSA) is 101 Å². The maximum Gasteiger partial charge on any atom is 0.342 e. The average Bonchev–Trinajstić information content (AvgIpc) is 2.99. The van der Waals surface area contributed by atoms with Crippen molar-refractivity contribution in [2.45, 2.75) is 12.5 Å². The second-order valence-corrected chi connectivity index (χ2v) is 8.55. The lowest BCUT2D eigenvalue weighted by molar-refractivity contribution is -0.134. The molecule has 1 fully saturated rings. The Kier molecular flexibility index (Phi) is 4.86. The number of esters is 1. The largest absolute Gasteiger partial charge is 0.506 e. The molecular weight excluding hydrogens is 358 g/mol. The molecule has 2 aromatic rings. The van der Waals surface area contributed by atoms with Crippen LogP contribution < -0.4 is 0 Å². The van der Waals surface area contributed by atoms with Crippen molar-refractivity contribution in [1.29, 1.82) is 0 Å². The lowest BCUT2D eigenvalue weighted by Gasteiger charge is -2.23. The number of ether oxygens (including phenoxy) is 1. The summed E-state index contributed by atoms with van der Waals surface area (Å²) in [6.07, 6.45) is 0.379. The normalized spacial score (nSPS) is 18.6. The molecule has 1 aliphatic rings. The third kappa shape index (κ3) is 3.65. The standard InChI is InChI=1S/C18H19NO6S/c1-19(13-8-9-26(23,24)11-13)16(20)10-25-18(22)15-7-6-12-4-2-3-5-14(12)17(15)21/h2-7,13,21H,8-11H2,1H3. The molecule has 0 saturated carbocycles. The van der Waals surface area contributed by atoms with Crippen LogP contribution in [0, 0.1) is 0 Å². The van der Waals surface area contributed by atoms with E-state index in [2.05, 4.69) is 0 Å². The average molecular weight is 377 g/mol. The summed E-state index contributed by atoms with van der Waals surface area (Å²) in [5, 5.41) is 11.6. The molecule has 138 valence electrons. The second-order valence-electron chi connectivity index (χ2n) is 6.32. The van der Waals surface area contributed by atoms with Crippen LogP contribution in [-0.4, -0.2) is 61.5 Å². The third-order valence-corrected chi connectivity index (χ3v) is 6.35. The van der Waals surface area contributed by atoms with Crippen LogP contribution in [0.1, 0.15) is 16.8 Å². The van der Waals surface area contributed by atoms with E-state index >= 15 is 0 Å². The first-order chi connectivity index (χ1) is 12.3. The minimum Gasteiger partial charge on any atom is -0.506 e. The van der Waals surface area contributed by atoms with Gasteiger partial charge in [0.1, 0.15) is 11.3 Å². The molecule has 1 unspecified atom stereocenters. The molecule has 1 aliphatic heterocycles. The number of carbonyl (C=O) groups is 2. The Morgan fingerprint density at radius 1 is 1.23 bits per heavy atom. The zero-order chi connectivity index (χ0) is 18.9. The molecule has 1 saturated heterocycles. The number of aromatic hydroxyl groups is 1. The lowest BCUT2D eigenvalue weighted by Crippen LogP contribution is -2.40. The predicted molar refractivity (Wildman–Crippen MR) is 95.7 cm³/mol. The minimum absolute atomic E-state index is 0.0254. The number of phenolic OH excluding ortho intramolecular Hbond substituents is 1. The highest BCUT2D eigenvalue weighted by atomic mass is 32.2. The molecule has 0 radical (unpaired) electrons. The van der Waals surface area contributed by atoms with E-state index in [0.717, 1.165) is 5.39 Å². The number of hydrogen-bond acceptors (Lipinski definition) is 6. The minimum atomic E-state index is -3.11. The molecule has 2 aromatic carbocycles. The van der Waals surface area contributed by atoms with Gasteiger partial charge >= 0.3 is 5.97 Å². The van der Waals surface area contributed by atoms with E-state index in [1.807, 2.05) is 6.07 Å². The molecule has 1 amide bonds. The van der Waals surface area contributed by atoms with Gasteiger partial charge in [-0.2, -0.15) is 0 Å². The highest BCUT2D eigenvalue weighted by molar-refractivity contribution is 7.91. The van der Waals surface area contributed by atoms with Crippen molar-refractivity contribution in [2.75, 3.05) is 25.2 Å². The number of sulfone groups is 1. The molecular formula is C18H19NO6S. The van der Waals surface area contributed by atoms with E-state index in [1.54, 1.807) is 24.3 Å². The van der Waals surface area contributed by atoms with E-state index < -0.39 is 34.4 Å². The first-order valence-electron chi connectivity index (χ1n) is 8.12. The van der Waals surface area contributed by atoms with Crippen LogP contribution in [0.4, 0.5) is 0 Å². The highest BCUT2D eigenvalue weighted by Gasteiger charge is 2.33. The lowest BCUT2D eigenvalue weighted by atomic mass is 10.1. The van der Waals surface area contributed by atoms with Crippen LogP contribution in [-0.2, 0) is 19.4 Å². The summed E-state index contributed by atoms with van der Waals surface area (Å²) in [5.74, 6) is -1.51. The van der Waals surface area contributed by atoms with E-state index in [1.165, 1.54) is 18.0 Å². The second kappa shape index (κ2) is 6.95. The Balaban J connectivity index is 1.65. The SMILES string of the molecule is CN(C(=O)COC(=O)c1ccc2ccccc2c1O)C1CCS(=O)(=O)C1. The van der Waals surface area contributed by atoms with Gasteiger partial charge in [0.15, 0.2) is 16.4 Å². The van der Waals surface area contributed by atoms with Crippen molar-refractivity contribution in [1.82, 2.24) is 4.90 Å². The van der Waals surface area contributed by atoms with Gasteiger partial charge in [-0.15, -0.1) is 0 Å². The number of benzene rings is 2. The van der Waals surface area contributed by atoms with Gasteiger partial charge in [0.05, 0.1) is 11.5 Å². The van der Waals surface area contributed by atoms with Crippen molar-refractivity contribution in [2.24, 2.45) is 0 Å². The molecule has 3 rings (SSSR count). The molecule has 7 nitrogen and oxygen atoms in total. The smallest absolute Gasteiger partial charge is 0.342 e. The Bertz CT molecular complexity index is 969. The van der Waals surface area contributed by atoms with Gasteiger partial charge in [0, 0.05) is 18.5 Å². The Hall–Kier alpha value is -2.61. The summed E-state index contributed by atoms with van der Waals surface area (Å²) in [5.41, 5.74) is -0.0254. The summed E-state index contributed by atoms with van der Waals surface area (Å²) in [4.78, 5) is 25.7. The van der Waals surface area contributed by atoms with E-state index in [-0.39, 0.29) is 22.8 Å². The number of phenols is 1. The predicted octanol–water partition coefficient (Wildman–Crippen LogP) is 1.35. The zero-order valence-corrected chi connectivity index (χ0v) is 15.0. The maximum absolute atomic E-state index is 12.2. The van der Waals surface area contributed by atoms with Crippen LogP contribution >= 0.6 is 0 Å². The first-order valence-corrected chi connectivity index (χ1v) is 9.94. The molecule has 0 spiro atoms. The molecule has 1 heterocycles. The van der Waals surface area contributed by atoms with Crippen LogP contribution in [0.3, 0.4) is 0 Å². The molecule has 0 aliphatic carbocycles. The van der Waals surface area contributed by atoms with Gasteiger partial charge in [-0.3, -0.25) is 4.79 Å². The van der Waals surface area contributed by atoms with Crippen molar-refractivity contribution in [3.05, 3.63) is 42.0 Å². The molecule has 8 heteroatoms. The van der Waals surface area contributed by atoms with Gasteiger partial charge < -0.3 is 14.7 Å². The van der Waals surface area contributed by atoms with Crippen molar-refractivity contribution in [3.63, 3.8) is 0 Å². The van der Waals surface area contributed by atoms with Gasteiger partial charge in [-0.05, 0) is 17.9 Å². The first kappa shape index (κ1) is 18.2. The number of nitrogens with zero attached hydrogens (tertiary/aromatic N) is 1. The quantitative estimate of drug-likeness (QED) is 0.807. The number of hydrogen-bond donors (Lipinski definition) is 1. The summed E-state index contributed by atoms with van der Waals surface area (Å²) in [7, 11) is -1.61. The van der Waals surface area contributed by atoms with E-state index in [0.29, 0.717) is 11.8 Å². The van der Waals surface area contributed by atoms with Crippen LogP contribution in [0.25, 0.3) is 10.8 Å². The number of carbonyl (C=O) groups excluding carboxylic acids is 2. The zero-order valence-electron chi connectivity index (χ0n) is 14.2. The fourth-order valence-electron chi connectivity index (χ4n) is 3.01. The summed E-state index contributed by atoms with van der Waals surface area (Å²) < 4.78 is 28.0. The molecule has 0 aromatic heterocycles. The summed E-state index contributed by atoms with van der Waals surface area (Å²) in [6, 6.07) is 9.77. The fraction of sp³-hybridized carbons (Fsp3) is 0.333. The van der Waals surface area contributed by atoms with Gasteiger partial charge in [-0.1, -0.05) is 30.3 Å². The van der Waals surface area contributed by atoms with Crippen molar-refractivity contribution < 1.29 is 27.9 Å². The highest BCUT2D eigenvalue weighted by Crippen LogP contribution is 2.29. The molecule has 0 bridgehead atoms. The number of fused-ring (bicyclic) bond motifs is 1. The van der Waals surface area contributed by atoms with Gasteiger partial charge in [0.2, 0.25) is 0 Å². The third-order valence-electron chi connectivity index (χ3n) is 4.60. The van der Waals surface area contributed by atoms with E-state index in [9.17, 15) is 23.1 Å². The number of rotatable bonds is 4. The molecule has 1 atom stereocenters. The van der Waals surface area contributed by atoms with Crippen molar-refractivity contribution in [3.8, 4) is 5.75 Å². The maximum atomic E-state index is 12.2. The Morgan fingerprint density at radius 3 is 2.65 bits per heavy atom. The number of amides is 1. The van der Waals surface area contributed by atoms with Gasteiger partial charge in [0.25, 0.3) is 5.91 Å². The van der Waals surface area contributed by atoms with Crippen molar-refractivity contribution >= 4 is 32.5 Å². The molecule has 26 heavy (non-hydrogen) atoms. The summed E-state index contributed by atoms with van der Waals surface area (Å²) in [6.45, 7) is -0.516. The van der Waals surface area contributed by atoms with Crippen LogP contribution in [0.2, 0.25) is 0 Å². The Morgan fingerprint density at radius 2 is 1.96 bits per heavy atom. The monoisotopic (exact) mass is 377 g/mol. The Labute approximate surface area is 151 Å². The van der Waals surface area contributed by atoms with Crippen LogP contribution in [0.5, 0.6) is 5.75 Å². The van der Waals surface area contributed by atoms with Gasteiger partial charge in [-0.25, -0.2) is 13.2 Å². The van der Waals surface area contributed by atoms with E-state index in [4.69, 9.17) is 4.74 Å². The fourth-order valence-corrected chi connectivity index (χ4v) is 4.79. The number of likely N-dealkylation sites (N-methyl/N-ethyl adjacent to an activating group) is 1. The molecule has 1 N–H and O–H groups in total. The summed E-state index contributed by atoms with van der Waals surface area (Å²) >= 11 is 0.